The zero-order valence-corrected chi connectivity index (χ0v) is 9.66. The lowest BCUT2D eigenvalue weighted by molar-refractivity contribution is 0.0958. The summed E-state index contributed by atoms with van der Waals surface area (Å²) < 4.78 is 13.4. The molecule has 0 aliphatic heterocycles. The fourth-order valence-corrected chi connectivity index (χ4v) is 1.46. The van der Waals surface area contributed by atoms with Gasteiger partial charge in [-0.15, -0.1) is 0 Å². The maximum atomic E-state index is 13.0. The summed E-state index contributed by atoms with van der Waals surface area (Å²) in [6, 6.07) is 3.79. The van der Waals surface area contributed by atoms with E-state index in [9.17, 15) is 9.18 Å². The number of nitrogens with one attached hydrogen (secondary N) is 1. The summed E-state index contributed by atoms with van der Waals surface area (Å²) in [7, 11) is 0. The lowest BCUT2D eigenvalue weighted by Crippen LogP contribution is -2.33. The Kier molecular flexibility index (Phi) is 4.24. The van der Waals surface area contributed by atoms with Crippen molar-refractivity contribution in [2.75, 3.05) is 6.54 Å². The number of rotatable bonds is 3. The minimum absolute atomic E-state index is 0.108. The van der Waals surface area contributed by atoms with Crippen LogP contribution in [0.1, 0.15) is 10.4 Å². The number of benzene rings is 1. The third kappa shape index (κ3) is 3.50. The molecule has 1 rings (SSSR count). The van der Waals surface area contributed by atoms with E-state index in [0.29, 0.717) is 4.47 Å². The molecule has 0 saturated heterocycles. The lowest BCUT2D eigenvalue weighted by atomic mass is 10.2. The minimum Gasteiger partial charge on any atom is -0.409 e. The van der Waals surface area contributed by atoms with Crippen molar-refractivity contribution in [1.82, 2.24) is 5.32 Å². The summed E-state index contributed by atoms with van der Waals surface area (Å²) in [6.45, 7) is -0.108. The first-order chi connectivity index (χ1) is 7.52. The lowest BCUT2D eigenvalue weighted by Gasteiger charge is -2.04. The van der Waals surface area contributed by atoms with Crippen LogP contribution in [-0.4, -0.2) is 23.5 Å². The van der Waals surface area contributed by atoms with E-state index < -0.39 is 11.7 Å². The molecule has 4 N–H and O–H groups in total. The van der Waals surface area contributed by atoms with Crippen molar-refractivity contribution < 1.29 is 14.4 Å². The van der Waals surface area contributed by atoms with Gasteiger partial charge >= 0.3 is 0 Å². The molecule has 86 valence electrons. The van der Waals surface area contributed by atoms with Crippen molar-refractivity contribution in [3.8, 4) is 0 Å². The highest BCUT2D eigenvalue weighted by Crippen LogP contribution is 2.14. The van der Waals surface area contributed by atoms with Gasteiger partial charge in [-0.05, 0) is 18.2 Å². The Morgan fingerprint density at radius 3 is 2.81 bits per heavy atom. The van der Waals surface area contributed by atoms with Gasteiger partial charge in [-0.25, -0.2) is 4.39 Å². The second-order valence-corrected chi connectivity index (χ2v) is 3.85. The van der Waals surface area contributed by atoms with Crippen molar-refractivity contribution in [1.29, 1.82) is 0 Å². The van der Waals surface area contributed by atoms with Crippen LogP contribution in [0.5, 0.6) is 0 Å². The summed E-state index contributed by atoms with van der Waals surface area (Å²) in [5.41, 5.74) is 5.31. The van der Waals surface area contributed by atoms with Crippen LogP contribution in [0.25, 0.3) is 0 Å². The van der Waals surface area contributed by atoms with E-state index in [0.717, 1.165) is 6.07 Å². The first-order valence-electron chi connectivity index (χ1n) is 4.23. The monoisotopic (exact) mass is 289 g/mol. The Hall–Kier alpha value is -1.63. The molecule has 5 nitrogen and oxygen atoms in total. The number of nitrogens with two attached hydrogens (primary N) is 1. The van der Waals surface area contributed by atoms with E-state index >= 15 is 0 Å². The van der Waals surface area contributed by atoms with Crippen LogP contribution in [0.3, 0.4) is 0 Å². The van der Waals surface area contributed by atoms with Crippen LogP contribution in [0, 0.1) is 5.82 Å². The molecule has 0 saturated carbocycles. The van der Waals surface area contributed by atoms with Crippen molar-refractivity contribution in [3.05, 3.63) is 34.1 Å². The molecule has 0 radical (unpaired) electrons. The first kappa shape index (κ1) is 12.4. The van der Waals surface area contributed by atoms with E-state index in [1.54, 1.807) is 0 Å². The van der Waals surface area contributed by atoms with E-state index in [1.165, 1.54) is 12.1 Å². The average Bonchev–Trinajstić information content (AvgIpc) is 2.23. The number of oxime groups is 1. The number of hydrogen-bond donors (Lipinski definition) is 3. The smallest absolute Gasteiger partial charge is 0.251 e. The number of nitrogens with zero attached hydrogens (tertiary/aromatic N) is 1. The van der Waals surface area contributed by atoms with Crippen LogP contribution < -0.4 is 11.1 Å². The SMILES string of the molecule is N/C(CNC(=O)c1cc(F)cc(Br)c1)=N\O. The number of amidine groups is 1. The Bertz CT molecular complexity index is 417. The highest BCUT2D eigenvalue weighted by atomic mass is 79.9. The summed E-state index contributed by atoms with van der Waals surface area (Å²) >= 11 is 3.07. The molecule has 0 spiro atoms. The van der Waals surface area contributed by atoms with E-state index in [4.69, 9.17) is 10.9 Å². The van der Waals surface area contributed by atoms with Gasteiger partial charge in [0.25, 0.3) is 5.91 Å². The van der Waals surface area contributed by atoms with Gasteiger partial charge in [-0.3, -0.25) is 4.79 Å². The zero-order valence-electron chi connectivity index (χ0n) is 8.08. The van der Waals surface area contributed by atoms with Crippen LogP contribution in [0.4, 0.5) is 4.39 Å². The quantitative estimate of drug-likeness (QED) is 0.337. The summed E-state index contributed by atoms with van der Waals surface area (Å²) in [6.07, 6.45) is 0. The molecule has 0 unspecified atom stereocenters. The van der Waals surface area contributed by atoms with Gasteiger partial charge in [0.15, 0.2) is 5.84 Å². The second-order valence-electron chi connectivity index (χ2n) is 2.93. The Labute approximate surface area is 99.3 Å². The number of carbonyl (C=O) groups excluding carboxylic acids is 1. The molecule has 0 aromatic heterocycles. The van der Waals surface area contributed by atoms with Gasteiger partial charge in [0.05, 0.1) is 6.54 Å². The molecule has 0 bridgehead atoms. The van der Waals surface area contributed by atoms with Crippen LogP contribution in [0.15, 0.2) is 27.8 Å². The molecule has 1 aromatic rings. The number of halogens is 2. The van der Waals surface area contributed by atoms with Crippen molar-refractivity contribution in [3.63, 3.8) is 0 Å². The van der Waals surface area contributed by atoms with Gasteiger partial charge < -0.3 is 16.3 Å². The third-order valence-electron chi connectivity index (χ3n) is 1.68. The minimum atomic E-state index is -0.525. The van der Waals surface area contributed by atoms with Crippen molar-refractivity contribution in [2.24, 2.45) is 10.9 Å². The van der Waals surface area contributed by atoms with Gasteiger partial charge in [0.2, 0.25) is 0 Å². The maximum absolute atomic E-state index is 13.0. The topological polar surface area (TPSA) is 87.7 Å². The summed E-state index contributed by atoms with van der Waals surface area (Å²) in [5.74, 6) is -1.17. The molecule has 0 fully saturated rings. The van der Waals surface area contributed by atoms with Crippen molar-refractivity contribution >= 4 is 27.7 Å². The van der Waals surface area contributed by atoms with Crippen LogP contribution in [0.2, 0.25) is 0 Å². The molecule has 1 amide bonds. The van der Waals surface area contributed by atoms with E-state index in [2.05, 4.69) is 26.4 Å². The molecule has 7 heteroatoms. The highest BCUT2D eigenvalue weighted by Gasteiger charge is 2.08. The third-order valence-corrected chi connectivity index (χ3v) is 2.14. The Morgan fingerprint density at radius 1 is 1.56 bits per heavy atom. The standard InChI is InChI=1S/C9H9BrFN3O2/c10-6-1-5(2-7(11)3-6)9(15)13-4-8(12)14-16/h1-3,16H,4H2,(H2,12,14)(H,13,15). The fourth-order valence-electron chi connectivity index (χ4n) is 0.993. The number of carbonyl (C=O) groups is 1. The summed E-state index contributed by atoms with van der Waals surface area (Å²) in [5, 5.41) is 13.3. The van der Waals surface area contributed by atoms with Crippen molar-refractivity contribution in [2.45, 2.75) is 0 Å². The molecular weight excluding hydrogens is 281 g/mol. The number of amides is 1. The fraction of sp³-hybridized carbons (Fsp3) is 0.111. The first-order valence-corrected chi connectivity index (χ1v) is 5.03. The zero-order chi connectivity index (χ0) is 12.1. The molecule has 1 aromatic carbocycles. The summed E-state index contributed by atoms with van der Waals surface area (Å²) in [4.78, 5) is 11.5. The Balaban J connectivity index is 2.73. The highest BCUT2D eigenvalue weighted by molar-refractivity contribution is 9.10. The number of hydrogen-bond acceptors (Lipinski definition) is 3. The largest absolute Gasteiger partial charge is 0.409 e. The Morgan fingerprint density at radius 2 is 2.25 bits per heavy atom. The predicted molar refractivity (Wildman–Crippen MR) is 59.8 cm³/mol. The maximum Gasteiger partial charge on any atom is 0.251 e. The van der Waals surface area contributed by atoms with Gasteiger partial charge in [-0.1, -0.05) is 21.1 Å². The second kappa shape index (κ2) is 5.45. The van der Waals surface area contributed by atoms with Gasteiger partial charge in [0.1, 0.15) is 5.82 Å². The molecule has 0 atom stereocenters. The van der Waals surface area contributed by atoms with Gasteiger partial charge in [0, 0.05) is 10.0 Å². The molecule has 0 heterocycles. The van der Waals surface area contributed by atoms with Crippen LogP contribution >= 0.6 is 15.9 Å². The molecule has 16 heavy (non-hydrogen) atoms. The van der Waals surface area contributed by atoms with E-state index in [-0.39, 0.29) is 17.9 Å². The average molecular weight is 290 g/mol. The van der Waals surface area contributed by atoms with Gasteiger partial charge in [-0.2, -0.15) is 0 Å². The molecule has 0 aliphatic carbocycles. The molecular formula is C9H9BrFN3O2. The normalized spacial score (nSPS) is 11.2. The van der Waals surface area contributed by atoms with E-state index in [1.807, 2.05) is 0 Å². The van der Waals surface area contributed by atoms with Crippen LogP contribution in [-0.2, 0) is 0 Å². The molecule has 0 aliphatic rings. The predicted octanol–water partition coefficient (Wildman–Crippen LogP) is 1.06.